The van der Waals surface area contributed by atoms with Crippen LogP contribution in [-0.4, -0.2) is 60.2 Å². The first-order chi connectivity index (χ1) is 13.4. The van der Waals surface area contributed by atoms with E-state index in [0.717, 1.165) is 31.8 Å². The van der Waals surface area contributed by atoms with Gasteiger partial charge in [0.25, 0.3) is 5.91 Å². The quantitative estimate of drug-likeness (QED) is 0.782. The van der Waals surface area contributed by atoms with Crippen molar-refractivity contribution in [3.05, 3.63) is 47.9 Å². The van der Waals surface area contributed by atoms with E-state index in [2.05, 4.69) is 25.5 Å². The van der Waals surface area contributed by atoms with E-state index < -0.39 is 11.7 Å². The van der Waals surface area contributed by atoms with Crippen molar-refractivity contribution in [1.82, 2.24) is 20.2 Å². The minimum atomic E-state index is -4.39. The highest BCUT2D eigenvalue weighted by Crippen LogP contribution is 2.30. The third kappa shape index (κ3) is 5.64. The van der Waals surface area contributed by atoms with Crippen LogP contribution in [0.25, 0.3) is 0 Å². The zero-order chi connectivity index (χ0) is 20.0. The number of hydrogen-bond donors (Lipinski definition) is 2. The first-order valence-corrected chi connectivity index (χ1v) is 8.76. The SMILES string of the molecule is O=C(NCCN1CCOCC1)c1cc(Nc2ccc(C(F)(F)F)cc2)ncn1. The summed E-state index contributed by atoms with van der Waals surface area (Å²) in [7, 11) is 0. The maximum atomic E-state index is 12.6. The Morgan fingerprint density at radius 3 is 2.54 bits per heavy atom. The van der Waals surface area contributed by atoms with Gasteiger partial charge >= 0.3 is 6.18 Å². The highest BCUT2D eigenvalue weighted by molar-refractivity contribution is 5.92. The van der Waals surface area contributed by atoms with Gasteiger partial charge in [-0.1, -0.05) is 0 Å². The number of anilines is 2. The molecule has 0 spiro atoms. The Morgan fingerprint density at radius 2 is 1.86 bits per heavy atom. The summed E-state index contributed by atoms with van der Waals surface area (Å²) in [5.74, 6) is -0.0285. The number of amides is 1. The minimum Gasteiger partial charge on any atom is -0.379 e. The molecule has 0 atom stereocenters. The van der Waals surface area contributed by atoms with Gasteiger partial charge < -0.3 is 15.4 Å². The Kier molecular flexibility index (Phi) is 6.42. The van der Waals surface area contributed by atoms with Gasteiger partial charge in [0.2, 0.25) is 0 Å². The maximum absolute atomic E-state index is 12.6. The van der Waals surface area contributed by atoms with E-state index >= 15 is 0 Å². The summed E-state index contributed by atoms with van der Waals surface area (Å²) < 4.78 is 43.1. The second kappa shape index (κ2) is 8.98. The molecule has 10 heteroatoms. The average Bonchev–Trinajstić information content (AvgIpc) is 2.69. The molecule has 2 heterocycles. The number of aromatic nitrogens is 2. The molecule has 1 aliphatic rings. The fourth-order valence-electron chi connectivity index (χ4n) is 2.68. The van der Waals surface area contributed by atoms with E-state index in [-0.39, 0.29) is 11.6 Å². The van der Waals surface area contributed by atoms with Crippen molar-refractivity contribution in [3.8, 4) is 0 Å². The molecule has 0 saturated carbocycles. The van der Waals surface area contributed by atoms with Gasteiger partial charge in [0.1, 0.15) is 17.8 Å². The van der Waals surface area contributed by atoms with Crippen molar-refractivity contribution in [2.24, 2.45) is 0 Å². The Bertz CT molecular complexity index is 793. The van der Waals surface area contributed by atoms with Crippen LogP contribution in [0.5, 0.6) is 0 Å². The first kappa shape index (κ1) is 20.0. The summed E-state index contributed by atoms with van der Waals surface area (Å²) in [5, 5.41) is 5.66. The lowest BCUT2D eigenvalue weighted by Crippen LogP contribution is -2.41. The van der Waals surface area contributed by atoms with E-state index in [0.29, 0.717) is 31.3 Å². The molecule has 2 N–H and O–H groups in total. The summed E-state index contributed by atoms with van der Waals surface area (Å²) in [6.07, 6.45) is -3.16. The standard InChI is InChI=1S/C18H20F3N5O2/c19-18(20,21)13-1-3-14(4-2-13)25-16-11-15(23-12-24-16)17(27)22-5-6-26-7-9-28-10-8-26/h1-4,11-12H,5-10H2,(H,22,27)(H,23,24,25). The molecular formula is C18H20F3N5O2. The second-order valence-corrected chi connectivity index (χ2v) is 6.20. The fourth-order valence-corrected chi connectivity index (χ4v) is 2.68. The normalized spacial score (nSPS) is 15.2. The van der Waals surface area contributed by atoms with E-state index in [1.807, 2.05) is 0 Å². The van der Waals surface area contributed by atoms with Crippen LogP contribution in [0.4, 0.5) is 24.7 Å². The molecule has 0 radical (unpaired) electrons. The van der Waals surface area contributed by atoms with Crippen LogP contribution in [0.2, 0.25) is 0 Å². The Hall–Kier alpha value is -2.72. The highest BCUT2D eigenvalue weighted by atomic mass is 19.4. The molecular weight excluding hydrogens is 375 g/mol. The molecule has 1 saturated heterocycles. The number of rotatable bonds is 6. The van der Waals surface area contributed by atoms with Crippen LogP contribution in [0.1, 0.15) is 16.1 Å². The van der Waals surface area contributed by atoms with Gasteiger partial charge in [-0.3, -0.25) is 9.69 Å². The lowest BCUT2D eigenvalue weighted by Gasteiger charge is -2.26. The number of ether oxygens (including phenoxy) is 1. The fraction of sp³-hybridized carbons (Fsp3) is 0.389. The summed E-state index contributed by atoms with van der Waals surface area (Å²) in [6.45, 7) is 4.26. The van der Waals surface area contributed by atoms with E-state index in [4.69, 9.17) is 4.74 Å². The van der Waals surface area contributed by atoms with Crippen LogP contribution in [0, 0.1) is 0 Å². The van der Waals surface area contributed by atoms with Gasteiger partial charge in [0.15, 0.2) is 0 Å². The van der Waals surface area contributed by atoms with Crippen molar-refractivity contribution < 1.29 is 22.7 Å². The number of alkyl halides is 3. The van der Waals surface area contributed by atoms with Gasteiger partial charge in [-0.05, 0) is 24.3 Å². The number of nitrogens with one attached hydrogen (secondary N) is 2. The molecule has 0 unspecified atom stereocenters. The molecule has 150 valence electrons. The summed E-state index contributed by atoms with van der Waals surface area (Å²) >= 11 is 0. The van der Waals surface area contributed by atoms with Crippen molar-refractivity contribution in [2.75, 3.05) is 44.7 Å². The summed E-state index contributed by atoms with van der Waals surface area (Å²) in [4.78, 5) is 22.4. The van der Waals surface area contributed by atoms with Crippen molar-refractivity contribution >= 4 is 17.4 Å². The highest BCUT2D eigenvalue weighted by Gasteiger charge is 2.29. The zero-order valence-electron chi connectivity index (χ0n) is 15.0. The smallest absolute Gasteiger partial charge is 0.379 e. The molecule has 2 aromatic rings. The topological polar surface area (TPSA) is 79.4 Å². The number of benzene rings is 1. The van der Waals surface area contributed by atoms with Gasteiger partial charge in [-0.2, -0.15) is 13.2 Å². The third-order valence-electron chi connectivity index (χ3n) is 4.20. The molecule has 1 amide bonds. The predicted molar refractivity (Wildman–Crippen MR) is 96.4 cm³/mol. The molecule has 1 aromatic heterocycles. The molecule has 7 nitrogen and oxygen atoms in total. The number of carbonyl (C=O) groups excluding carboxylic acids is 1. The van der Waals surface area contributed by atoms with Crippen molar-refractivity contribution in [3.63, 3.8) is 0 Å². The van der Waals surface area contributed by atoms with Crippen molar-refractivity contribution in [1.29, 1.82) is 0 Å². The van der Waals surface area contributed by atoms with Crippen LogP contribution < -0.4 is 10.6 Å². The predicted octanol–water partition coefficient (Wildman–Crippen LogP) is 2.30. The van der Waals surface area contributed by atoms with E-state index in [9.17, 15) is 18.0 Å². The van der Waals surface area contributed by atoms with Crippen molar-refractivity contribution in [2.45, 2.75) is 6.18 Å². The minimum absolute atomic E-state index is 0.173. The molecule has 1 fully saturated rings. The summed E-state index contributed by atoms with van der Waals surface area (Å²) in [6, 6.07) is 5.99. The maximum Gasteiger partial charge on any atom is 0.416 e. The number of hydrogen-bond acceptors (Lipinski definition) is 6. The number of halogens is 3. The largest absolute Gasteiger partial charge is 0.416 e. The Balaban J connectivity index is 1.54. The lowest BCUT2D eigenvalue weighted by molar-refractivity contribution is -0.137. The number of morpholine rings is 1. The van der Waals surface area contributed by atoms with E-state index in [1.165, 1.54) is 24.5 Å². The van der Waals surface area contributed by atoms with Crippen LogP contribution in [0.3, 0.4) is 0 Å². The van der Waals surface area contributed by atoms with Gasteiger partial charge in [0, 0.05) is 37.9 Å². The summed E-state index contributed by atoms with van der Waals surface area (Å²) in [5.41, 5.74) is -0.141. The molecule has 0 bridgehead atoms. The van der Waals surface area contributed by atoms with Crippen LogP contribution >= 0.6 is 0 Å². The first-order valence-electron chi connectivity index (χ1n) is 8.76. The molecule has 1 aliphatic heterocycles. The zero-order valence-corrected chi connectivity index (χ0v) is 15.0. The van der Waals surface area contributed by atoms with Gasteiger partial charge in [-0.25, -0.2) is 9.97 Å². The number of carbonyl (C=O) groups is 1. The molecule has 28 heavy (non-hydrogen) atoms. The lowest BCUT2D eigenvalue weighted by atomic mass is 10.2. The van der Waals surface area contributed by atoms with Gasteiger partial charge in [-0.15, -0.1) is 0 Å². The van der Waals surface area contributed by atoms with Crippen LogP contribution in [-0.2, 0) is 10.9 Å². The second-order valence-electron chi connectivity index (χ2n) is 6.20. The van der Waals surface area contributed by atoms with E-state index in [1.54, 1.807) is 0 Å². The monoisotopic (exact) mass is 395 g/mol. The van der Waals surface area contributed by atoms with Gasteiger partial charge in [0.05, 0.1) is 18.8 Å². The molecule has 3 rings (SSSR count). The molecule has 0 aliphatic carbocycles. The Morgan fingerprint density at radius 1 is 1.14 bits per heavy atom. The average molecular weight is 395 g/mol. The third-order valence-corrected chi connectivity index (χ3v) is 4.20. The Labute approximate surface area is 159 Å². The number of nitrogens with zero attached hydrogens (tertiary/aromatic N) is 3. The molecule has 1 aromatic carbocycles. The van der Waals surface area contributed by atoms with Crippen LogP contribution in [0.15, 0.2) is 36.7 Å².